The van der Waals surface area contributed by atoms with Crippen LogP contribution >= 0.6 is 35.3 Å². The highest BCUT2D eigenvalue weighted by atomic mass is 127. The van der Waals surface area contributed by atoms with Gasteiger partial charge in [-0.15, -0.1) is 35.3 Å². The monoisotopic (exact) mass is 517 g/mol. The average molecular weight is 517 g/mol. The summed E-state index contributed by atoms with van der Waals surface area (Å²) in [5.41, 5.74) is 1.78. The van der Waals surface area contributed by atoms with Crippen LogP contribution in [0.5, 0.6) is 0 Å². The van der Waals surface area contributed by atoms with E-state index in [1.807, 2.05) is 38.2 Å². The van der Waals surface area contributed by atoms with Crippen LogP contribution in [0.4, 0.5) is 9.39 Å². The Morgan fingerprint density at radius 2 is 1.96 bits per heavy atom. The summed E-state index contributed by atoms with van der Waals surface area (Å²) in [4.78, 5) is 11.1. The van der Waals surface area contributed by atoms with Crippen molar-refractivity contribution in [2.45, 2.75) is 13.1 Å². The number of guanidine groups is 1. The van der Waals surface area contributed by atoms with Crippen LogP contribution in [0.25, 0.3) is 0 Å². The Balaban J connectivity index is 0.00000280. The molecule has 1 aromatic carbocycles. The maximum absolute atomic E-state index is 14.0. The first-order valence-electron chi connectivity index (χ1n) is 9.23. The van der Waals surface area contributed by atoms with Gasteiger partial charge in [-0.25, -0.2) is 4.39 Å². The first-order chi connectivity index (χ1) is 13.1. The third-order valence-electron chi connectivity index (χ3n) is 4.66. The molecule has 2 aromatic rings. The van der Waals surface area contributed by atoms with E-state index in [1.54, 1.807) is 17.4 Å². The molecule has 0 atom stereocenters. The number of anilines is 1. The molecule has 1 N–H and O–H groups in total. The molecule has 2 heterocycles. The first kappa shape index (κ1) is 22.9. The Bertz CT molecular complexity index is 758. The van der Waals surface area contributed by atoms with Gasteiger partial charge in [-0.2, -0.15) is 0 Å². The van der Waals surface area contributed by atoms with Crippen LogP contribution in [0.3, 0.4) is 0 Å². The summed E-state index contributed by atoms with van der Waals surface area (Å²) in [5, 5.41) is 6.88. The topological polar surface area (TPSA) is 34.1 Å². The Kier molecular flexibility index (Phi) is 8.97. The molecule has 5 nitrogen and oxygen atoms in total. The molecule has 0 aliphatic carbocycles. The summed E-state index contributed by atoms with van der Waals surface area (Å²) >= 11 is 1.79. The van der Waals surface area contributed by atoms with Gasteiger partial charge < -0.3 is 20.0 Å². The largest absolute Gasteiger partial charge is 0.360 e. The van der Waals surface area contributed by atoms with E-state index in [4.69, 9.17) is 0 Å². The highest BCUT2D eigenvalue weighted by Crippen LogP contribution is 2.22. The van der Waals surface area contributed by atoms with Crippen LogP contribution < -0.4 is 10.2 Å². The maximum Gasteiger partial charge on any atom is 0.194 e. The second kappa shape index (κ2) is 11.0. The number of hydrogen-bond donors (Lipinski definition) is 1. The molecule has 28 heavy (non-hydrogen) atoms. The minimum atomic E-state index is -0.151. The number of aliphatic imine (C=N–C) groups is 1. The fraction of sp³-hybridized carbons (Fsp3) is 0.450. The highest BCUT2D eigenvalue weighted by Gasteiger charge is 2.20. The van der Waals surface area contributed by atoms with E-state index >= 15 is 0 Å². The number of piperazine rings is 1. The molecule has 0 spiro atoms. The Morgan fingerprint density at radius 1 is 1.21 bits per heavy atom. The van der Waals surface area contributed by atoms with Crippen LogP contribution in [0.15, 0.2) is 40.7 Å². The second-order valence-corrected chi connectivity index (χ2v) is 7.92. The van der Waals surface area contributed by atoms with E-state index in [9.17, 15) is 4.39 Å². The van der Waals surface area contributed by atoms with E-state index in [2.05, 4.69) is 37.6 Å². The molecule has 0 radical (unpaired) electrons. The Morgan fingerprint density at radius 3 is 2.57 bits per heavy atom. The fourth-order valence-corrected chi connectivity index (χ4v) is 4.09. The number of halogens is 2. The number of rotatable bonds is 5. The van der Waals surface area contributed by atoms with Crippen LogP contribution in [-0.2, 0) is 13.1 Å². The lowest BCUT2D eigenvalue weighted by atomic mass is 10.1. The second-order valence-electron chi connectivity index (χ2n) is 6.99. The number of thiophene rings is 1. The summed E-state index contributed by atoms with van der Waals surface area (Å²) in [6.07, 6.45) is 0. The van der Waals surface area contributed by atoms with Crippen molar-refractivity contribution in [3.8, 4) is 0 Å². The van der Waals surface area contributed by atoms with Crippen molar-refractivity contribution in [2.24, 2.45) is 4.99 Å². The van der Waals surface area contributed by atoms with E-state index in [1.165, 1.54) is 5.00 Å². The molecule has 1 aromatic heterocycles. The summed E-state index contributed by atoms with van der Waals surface area (Å²) in [6, 6.07) is 9.60. The molecule has 1 aliphatic heterocycles. The van der Waals surface area contributed by atoms with Crippen molar-refractivity contribution in [3.63, 3.8) is 0 Å². The molecule has 1 aliphatic rings. The standard InChI is InChI=1S/C20H28FN5S.HI/c1-22-20(26-10-8-25(9-11-26)19-5-4-12-27-19)23-14-16-6-7-18(21)17(13-16)15-24(2)3;/h4-7,12-13H,8-11,14-15H2,1-3H3,(H,22,23);1H. The van der Waals surface area contributed by atoms with E-state index in [0.29, 0.717) is 13.1 Å². The van der Waals surface area contributed by atoms with Gasteiger partial charge in [0, 0.05) is 51.9 Å². The lowest BCUT2D eigenvalue weighted by Crippen LogP contribution is -2.52. The number of nitrogens with one attached hydrogen (secondary N) is 1. The van der Waals surface area contributed by atoms with Gasteiger partial charge in [-0.3, -0.25) is 4.99 Å². The zero-order valence-corrected chi connectivity index (χ0v) is 19.8. The van der Waals surface area contributed by atoms with Crippen molar-refractivity contribution < 1.29 is 4.39 Å². The molecule has 1 fully saturated rings. The summed E-state index contributed by atoms with van der Waals surface area (Å²) in [6.45, 7) is 5.09. The maximum atomic E-state index is 14.0. The van der Waals surface area contributed by atoms with Gasteiger partial charge in [0.15, 0.2) is 5.96 Å². The quantitative estimate of drug-likeness (QED) is 0.375. The van der Waals surface area contributed by atoms with E-state index in [0.717, 1.165) is 43.3 Å². The van der Waals surface area contributed by atoms with Crippen LogP contribution in [0.2, 0.25) is 0 Å². The molecule has 0 amide bonds. The molecule has 3 rings (SSSR count). The van der Waals surface area contributed by atoms with E-state index in [-0.39, 0.29) is 29.8 Å². The molecular formula is C20H29FIN5S. The van der Waals surface area contributed by atoms with Crippen LogP contribution in [0, 0.1) is 5.82 Å². The molecular weight excluding hydrogens is 488 g/mol. The van der Waals surface area contributed by atoms with Gasteiger partial charge >= 0.3 is 0 Å². The first-order valence-corrected chi connectivity index (χ1v) is 10.1. The predicted molar refractivity (Wildman–Crippen MR) is 128 cm³/mol. The van der Waals surface area contributed by atoms with E-state index < -0.39 is 0 Å². The van der Waals surface area contributed by atoms with Gasteiger partial charge in [0.1, 0.15) is 5.82 Å². The third kappa shape index (κ3) is 6.05. The van der Waals surface area contributed by atoms with Crippen molar-refractivity contribution in [1.82, 2.24) is 15.1 Å². The van der Waals surface area contributed by atoms with Gasteiger partial charge in [-0.1, -0.05) is 6.07 Å². The molecule has 0 saturated carbocycles. The van der Waals surface area contributed by atoms with Crippen molar-refractivity contribution >= 4 is 46.3 Å². The lowest BCUT2D eigenvalue weighted by Gasteiger charge is -2.37. The summed E-state index contributed by atoms with van der Waals surface area (Å²) < 4.78 is 14.0. The minimum absolute atomic E-state index is 0. The zero-order chi connectivity index (χ0) is 19.2. The smallest absolute Gasteiger partial charge is 0.194 e. The van der Waals surface area contributed by atoms with Gasteiger partial charge in [0.05, 0.1) is 5.00 Å². The molecule has 0 bridgehead atoms. The number of nitrogens with zero attached hydrogens (tertiary/aromatic N) is 4. The fourth-order valence-electron chi connectivity index (χ4n) is 3.30. The molecule has 1 saturated heterocycles. The lowest BCUT2D eigenvalue weighted by molar-refractivity contribution is 0.373. The summed E-state index contributed by atoms with van der Waals surface area (Å²) in [7, 11) is 5.71. The van der Waals surface area contributed by atoms with Gasteiger partial charge in [0.2, 0.25) is 0 Å². The normalized spacial score (nSPS) is 15.0. The van der Waals surface area contributed by atoms with Crippen molar-refractivity contribution in [1.29, 1.82) is 0 Å². The Labute approximate surface area is 188 Å². The average Bonchev–Trinajstić information content (AvgIpc) is 3.19. The zero-order valence-electron chi connectivity index (χ0n) is 16.7. The van der Waals surface area contributed by atoms with Gasteiger partial charge in [0.25, 0.3) is 0 Å². The minimum Gasteiger partial charge on any atom is -0.360 e. The molecule has 0 unspecified atom stereocenters. The van der Waals surface area contributed by atoms with Gasteiger partial charge in [-0.05, 0) is 49.3 Å². The van der Waals surface area contributed by atoms with Crippen LogP contribution in [-0.4, -0.2) is 63.1 Å². The van der Waals surface area contributed by atoms with Crippen LogP contribution in [0.1, 0.15) is 11.1 Å². The molecule has 154 valence electrons. The van der Waals surface area contributed by atoms with Crippen molar-refractivity contribution in [3.05, 3.63) is 52.7 Å². The number of hydrogen-bond acceptors (Lipinski definition) is 4. The predicted octanol–water partition coefficient (Wildman–Crippen LogP) is 3.46. The number of benzene rings is 1. The summed E-state index contributed by atoms with van der Waals surface area (Å²) in [5.74, 6) is 0.751. The van der Waals surface area contributed by atoms with Crippen molar-refractivity contribution in [2.75, 3.05) is 52.2 Å². The SMILES string of the molecule is CN=C(NCc1ccc(F)c(CN(C)C)c1)N1CCN(c2cccs2)CC1.I. The highest BCUT2D eigenvalue weighted by molar-refractivity contribution is 14.0. The molecule has 8 heteroatoms. The third-order valence-corrected chi connectivity index (χ3v) is 5.59. The Hall–Kier alpha value is -1.39.